The van der Waals surface area contributed by atoms with Gasteiger partial charge in [-0.15, -0.1) is 11.8 Å². The van der Waals surface area contributed by atoms with Crippen molar-refractivity contribution in [2.75, 3.05) is 25.1 Å². The maximum absolute atomic E-state index is 13.4. The standard InChI is InChI=1S/C23H24N2O4S/c1-14-22(26)24-17-12-16(6-8-21(17)30-14)23(27)25-9-2-4-18(25)15-5-7-19-20(13-15)29-11-3-10-28-19/h5-8,12-14,18H,2-4,9-11H2,1H3,(H,24,26)/t14-,18-/m1/s1. The van der Waals surface area contributed by atoms with E-state index >= 15 is 0 Å². The van der Waals surface area contributed by atoms with Crippen LogP contribution in [0.4, 0.5) is 5.69 Å². The number of hydrogen-bond donors (Lipinski definition) is 1. The average Bonchev–Trinajstić information content (AvgIpc) is 3.12. The van der Waals surface area contributed by atoms with Gasteiger partial charge in [0.05, 0.1) is 30.2 Å². The Morgan fingerprint density at radius 3 is 2.80 bits per heavy atom. The molecule has 7 heteroatoms. The Labute approximate surface area is 179 Å². The van der Waals surface area contributed by atoms with E-state index in [0.717, 1.165) is 46.9 Å². The fraction of sp³-hybridized carbons (Fsp3) is 0.391. The second-order valence-electron chi connectivity index (χ2n) is 7.87. The summed E-state index contributed by atoms with van der Waals surface area (Å²) in [6.45, 7) is 3.90. The van der Waals surface area contributed by atoms with Crippen LogP contribution in [0.2, 0.25) is 0 Å². The topological polar surface area (TPSA) is 67.9 Å². The van der Waals surface area contributed by atoms with E-state index in [-0.39, 0.29) is 23.1 Å². The molecule has 2 amide bonds. The molecule has 5 rings (SSSR count). The van der Waals surface area contributed by atoms with E-state index in [0.29, 0.717) is 25.3 Å². The Kier molecular flexibility index (Phi) is 5.06. The maximum atomic E-state index is 13.4. The van der Waals surface area contributed by atoms with Crippen molar-refractivity contribution >= 4 is 29.3 Å². The highest BCUT2D eigenvalue weighted by atomic mass is 32.2. The van der Waals surface area contributed by atoms with Crippen molar-refractivity contribution in [2.24, 2.45) is 0 Å². The Bertz CT molecular complexity index is 1010. The first kappa shape index (κ1) is 19.3. The van der Waals surface area contributed by atoms with Gasteiger partial charge in [-0.25, -0.2) is 0 Å². The van der Waals surface area contributed by atoms with Crippen LogP contribution in [0, 0.1) is 0 Å². The number of rotatable bonds is 2. The summed E-state index contributed by atoms with van der Waals surface area (Å²) in [7, 11) is 0. The smallest absolute Gasteiger partial charge is 0.254 e. The third-order valence-electron chi connectivity index (χ3n) is 5.83. The molecule has 156 valence electrons. The van der Waals surface area contributed by atoms with Crippen LogP contribution in [0.15, 0.2) is 41.3 Å². The second-order valence-corrected chi connectivity index (χ2v) is 9.26. The highest BCUT2D eigenvalue weighted by Crippen LogP contribution is 2.40. The van der Waals surface area contributed by atoms with Crippen LogP contribution in [0.1, 0.15) is 48.1 Å². The molecular weight excluding hydrogens is 400 g/mol. The Balaban J connectivity index is 1.40. The predicted octanol–water partition coefficient (Wildman–Crippen LogP) is 4.26. The van der Waals surface area contributed by atoms with Crippen LogP contribution in [0.3, 0.4) is 0 Å². The highest BCUT2D eigenvalue weighted by Gasteiger charge is 2.32. The zero-order valence-electron chi connectivity index (χ0n) is 16.8. The number of thioether (sulfide) groups is 1. The maximum Gasteiger partial charge on any atom is 0.254 e. The molecule has 3 aliphatic rings. The Hall–Kier alpha value is -2.67. The van der Waals surface area contributed by atoms with Gasteiger partial charge >= 0.3 is 0 Å². The Morgan fingerprint density at radius 2 is 1.93 bits per heavy atom. The zero-order chi connectivity index (χ0) is 20.7. The summed E-state index contributed by atoms with van der Waals surface area (Å²) in [5.41, 5.74) is 2.39. The van der Waals surface area contributed by atoms with Gasteiger partial charge in [0.15, 0.2) is 11.5 Å². The first-order chi connectivity index (χ1) is 14.6. The van der Waals surface area contributed by atoms with Crippen LogP contribution in [-0.2, 0) is 4.79 Å². The van der Waals surface area contributed by atoms with E-state index in [9.17, 15) is 9.59 Å². The molecule has 0 aliphatic carbocycles. The third kappa shape index (κ3) is 3.51. The van der Waals surface area contributed by atoms with Gasteiger partial charge in [-0.3, -0.25) is 9.59 Å². The number of hydrogen-bond acceptors (Lipinski definition) is 5. The quantitative estimate of drug-likeness (QED) is 0.780. The molecule has 2 aromatic rings. The number of nitrogens with zero attached hydrogens (tertiary/aromatic N) is 1. The normalized spacial score (nSPS) is 22.8. The molecule has 1 fully saturated rings. The average molecular weight is 425 g/mol. The van der Waals surface area contributed by atoms with Crippen LogP contribution in [-0.4, -0.2) is 41.7 Å². The molecule has 0 spiro atoms. The van der Waals surface area contributed by atoms with Crippen molar-refractivity contribution in [3.8, 4) is 11.5 Å². The number of fused-ring (bicyclic) bond motifs is 2. The van der Waals surface area contributed by atoms with Gasteiger partial charge in [-0.1, -0.05) is 6.07 Å². The molecule has 30 heavy (non-hydrogen) atoms. The number of anilines is 1. The van der Waals surface area contributed by atoms with Gasteiger partial charge in [0.2, 0.25) is 5.91 Å². The molecule has 0 bridgehead atoms. The molecular formula is C23H24N2O4S. The lowest BCUT2D eigenvalue weighted by atomic mass is 10.0. The third-order valence-corrected chi connectivity index (χ3v) is 7.00. The first-order valence-corrected chi connectivity index (χ1v) is 11.3. The van der Waals surface area contributed by atoms with Crippen molar-refractivity contribution in [3.05, 3.63) is 47.5 Å². The number of ether oxygens (including phenoxy) is 2. The van der Waals surface area contributed by atoms with Crippen molar-refractivity contribution < 1.29 is 19.1 Å². The highest BCUT2D eigenvalue weighted by molar-refractivity contribution is 8.00. The number of nitrogens with one attached hydrogen (secondary N) is 1. The summed E-state index contributed by atoms with van der Waals surface area (Å²) >= 11 is 1.52. The van der Waals surface area contributed by atoms with Gasteiger partial charge in [-0.2, -0.15) is 0 Å². The fourth-order valence-electron chi connectivity index (χ4n) is 4.25. The molecule has 0 unspecified atom stereocenters. The monoisotopic (exact) mass is 424 g/mol. The van der Waals surface area contributed by atoms with E-state index in [1.54, 1.807) is 6.07 Å². The Morgan fingerprint density at radius 1 is 1.10 bits per heavy atom. The molecule has 0 aromatic heterocycles. The van der Waals surface area contributed by atoms with Crippen LogP contribution < -0.4 is 14.8 Å². The summed E-state index contributed by atoms with van der Waals surface area (Å²) in [6.07, 6.45) is 2.74. The summed E-state index contributed by atoms with van der Waals surface area (Å²) < 4.78 is 11.6. The first-order valence-electron chi connectivity index (χ1n) is 10.4. The van der Waals surface area contributed by atoms with Gasteiger partial charge in [0, 0.05) is 23.4 Å². The van der Waals surface area contributed by atoms with Gasteiger partial charge in [0.1, 0.15) is 0 Å². The van der Waals surface area contributed by atoms with E-state index in [4.69, 9.17) is 9.47 Å². The summed E-state index contributed by atoms with van der Waals surface area (Å²) in [6, 6.07) is 11.6. The number of benzene rings is 2. The van der Waals surface area contributed by atoms with Crippen LogP contribution >= 0.6 is 11.8 Å². The molecule has 0 saturated carbocycles. The van der Waals surface area contributed by atoms with Gasteiger partial charge in [0.25, 0.3) is 5.91 Å². The van der Waals surface area contributed by atoms with E-state index in [1.807, 2.05) is 42.2 Å². The van der Waals surface area contributed by atoms with Crippen LogP contribution in [0.25, 0.3) is 0 Å². The molecule has 6 nitrogen and oxygen atoms in total. The van der Waals surface area contributed by atoms with E-state index in [2.05, 4.69) is 5.32 Å². The largest absolute Gasteiger partial charge is 0.490 e. The number of carbonyl (C=O) groups is 2. The number of amides is 2. The molecule has 2 aromatic carbocycles. The molecule has 3 heterocycles. The molecule has 1 N–H and O–H groups in total. The second kappa shape index (κ2) is 7.87. The summed E-state index contributed by atoms with van der Waals surface area (Å²) in [5, 5.41) is 2.79. The van der Waals surface area contributed by atoms with Crippen molar-refractivity contribution in [3.63, 3.8) is 0 Å². The number of carbonyl (C=O) groups excluding carboxylic acids is 2. The van der Waals surface area contributed by atoms with Crippen molar-refractivity contribution in [1.82, 2.24) is 4.90 Å². The predicted molar refractivity (Wildman–Crippen MR) is 115 cm³/mol. The van der Waals surface area contributed by atoms with Crippen molar-refractivity contribution in [1.29, 1.82) is 0 Å². The summed E-state index contributed by atoms with van der Waals surface area (Å²) in [4.78, 5) is 28.3. The van der Waals surface area contributed by atoms with Crippen molar-refractivity contribution in [2.45, 2.75) is 42.4 Å². The minimum Gasteiger partial charge on any atom is -0.490 e. The van der Waals surface area contributed by atoms with E-state index < -0.39 is 0 Å². The lowest BCUT2D eigenvalue weighted by molar-refractivity contribution is -0.115. The van der Waals surface area contributed by atoms with Crippen LogP contribution in [0.5, 0.6) is 11.5 Å². The van der Waals surface area contributed by atoms with Gasteiger partial charge in [-0.05, 0) is 55.7 Å². The minimum atomic E-state index is -0.124. The summed E-state index contributed by atoms with van der Waals surface area (Å²) in [5.74, 6) is 1.49. The molecule has 1 saturated heterocycles. The zero-order valence-corrected chi connectivity index (χ0v) is 17.7. The fourth-order valence-corrected chi connectivity index (χ4v) is 5.18. The van der Waals surface area contributed by atoms with Gasteiger partial charge < -0.3 is 19.7 Å². The minimum absolute atomic E-state index is 0.00896. The lowest BCUT2D eigenvalue weighted by Crippen LogP contribution is -2.31. The molecule has 2 atom stereocenters. The van der Waals surface area contributed by atoms with E-state index in [1.165, 1.54) is 11.8 Å². The lowest BCUT2D eigenvalue weighted by Gasteiger charge is -2.27. The SMILES string of the molecule is C[C@H]1Sc2ccc(C(=O)N3CCC[C@@H]3c3ccc4c(c3)OCCCO4)cc2NC1=O. The molecule has 3 aliphatic heterocycles. The number of likely N-dealkylation sites (tertiary alicyclic amines) is 1. The molecule has 0 radical (unpaired) electrons.